The predicted octanol–water partition coefficient (Wildman–Crippen LogP) is 2.67. The van der Waals surface area contributed by atoms with Gasteiger partial charge in [0.15, 0.2) is 0 Å². The number of carbonyl (C=O) groups excluding carboxylic acids is 1. The smallest absolute Gasteiger partial charge is 0.255 e. The standard InChI is InChI=1S/C16H24N2O2/c1-6-20-14-10-13(16(14,3)4)18(5)15(19)12-8-7-9-17-11(12)2/h7-9,13-14H,6,10H2,1-5H3. The number of nitrogens with zero attached hydrogens (tertiary/aromatic N) is 2. The minimum absolute atomic E-state index is 0.00344. The molecule has 1 fully saturated rings. The Kier molecular flexibility index (Phi) is 4.14. The first-order valence-electron chi connectivity index (χ1n) is 7.20. The third kappa shape index (κ3) is 2.44. The van der Waals surface area contributed by atoms with Crippen LogP contribution in [0.5, 0.6) is 0 Å². The minimum atomic E-state index is -0.00344. The van der Waals surface area contributed by atoms with E-state index in [1.807, 2.05) is 37.9 Å². The molecule has 2 unspecified atom stereocenters. The van der Waals surface area contributed by atoms with E-state index < -0.39 is 0 Å². The molecule has 0 spiro atoms. The van der Waals surface area contributed by atoms with Gasteiger partial charge >= 0.3 is 0 Å². The van der Waals surface area contributed by atoms with Gasteiger partial charge in [0.2, 0.25) is 0 Å². The van der Waals surface area contributed by atoms with Crippen LogP contribution < -0.4 is 0 Å². The quantitative estimate of drug-likeness (QED) is 0.849. The van der Waals surface area contributed by atoms with Crippen LogP contribution >= 0.6 is 0 Å². The second-order valence-electron chi connectivity index (χ2n) is 6.07. The molecule has 1 heterocycles. The molecular weight excluding hydrogens is 252 g/mol. The Morgan fingerprint density at radius 3 is 2.80 bits per heavy atom. The van der Waals surface area contributed by atoms with Crippen molar-refractivity contribution >= 4 is 5.91 Å². The van der Waals surface area contributed by atoms with E-state index in [1.165, 1.54) is 0 Å². The molecule has 20 heavy (non-hydrogen) atoms. The van der Waals surface area contributed by atoms with Crippen molar-refractivity contribution in [2.75, 3.05) is 13.7 Å². The van der Waals surface area contributed by atoms with Crippen molar-refractivity contribution in [1.29, 1.82) is 0 Å². The average Bonchev–Trinajstić information content (AvgIpc) is 2.42. The number of hydrogen-bond donors (Lipinski definition) is 0. The van der Waals surface area contributed by atoms with Crippen LogP contribution in [0.1, 0.15) is 43.2 Å². The first-order chi connectivity index (χ1) is 9.39. The summed E-state index contributed by atoms with van der Waals surface area (Å²) in [7, 11) is 1.88. The molecule has 0 radical (unpaired) electrons. The number of ether oxygens (including phenoxy) is 1. The Bertz CT molecular complexity index is 499. The lowest BCUT2D eigenvalue weighted by molar-refractivity contribution is -0.136. The topological polar surface area (TPSA) is 42.4 Å². The van der Waals surface area contributed by atoms with Gasteiger partial charge in [0, 0.05) is 37.0 Å². The number of aromatic nitrogens is 1. The second-order valence-corrected chi connectivity index (χ2v) is 6.07. The molecule has 0 aromatic carbocycles. The van der Waals surface area contributed by atoms with Crippen LogP contribution in [0.15, 0.2) is 18.3 Å². The largest absolute Gasteiger partial charge is 0.378 e. The zero-order valence-electron chi connectivity index (χ0n) is 13.0. The molecule has 110 valence electrons. The van der Waals surface area contributed by atoms with E-state index in [0.29, 0.717) is 5.56 Å². The summed E-state index contributed by atoms with van der Waals surface area (Å²) in [6, 6.07) is 3.86. The third-order valence-corrected chi connectivity index (χ3v) is 4.52. The lowest BCUT2D eigenvalue weighted by Crippen LogP contribution is -2.62. The SMILES string of the molecule is CCOC1CC(N(C)C(=O)c2cccnc2C)C1(C)C. The highest BCUT2D eigenvalue weighted by atomic mass is 16.5. The molecule has 1 amide bonds. The van der Waals surface area contributed by atoms with Crippen LogP contribution in [-0.2, 0) is 4.74 Å². The molecular formula is C16H24N2O2. The molecule has 1 aliphatic carbocycles. The van der Waals surface area contributed by atoms with Gasteiger partial charge in [-0.1, -0.05) is 13.8 Å². The summed E-state index contributed by atoms with van der Waals surface area (Å²) in [6.45, 7) is 8.94. The van der Waals surface area contributed by atoms with Crippen LogP contribution in [0.3, 0.4) is 0 Å². The number of aryl methyl sites for hydroxylation is 1. The number of amides is 1. The summed E-state index contributed by atoms with van der Waals surface area (Å²) in [5.41, 5.74) is 1.46. The second kappa shape index (κ2) is 5.52. The maximum atomic E-state index is 12.6. The van der Waals surface area contributed by atoms with Crippen LogP contribution in [0.25, 0.3) is 0 Å². The van der Waals surface area contributed by atoms with Crippen molar-refractivity contribution < 1.29 is 9.53 Å². The summed E-state index contributed by atoms with van der Waals surface area (Å²) in [4.78, 5) is 18.6. The highest BCUT2D eigenvalue weighted by Crippen LogP contribution is 2.45. The highest BCUT2D eigenvalue weighted by molar-refractivity contribution is 5.95. The summed E-state index contributed by atoms with van der Waals surface area (Å²) in [5.74, 6) is 0.0450. The normalized spacial score (nSPS) is 24.1. The molecule has 1 saturated carbocycles. The maximum absolute atomic E-state index is 12.6. The fraction of sp³-hybridized carbons (Fsp3) is 0.625. The Labute approximate surface area is 121 Å². The van der Waals surface area contributed by atoms with Crippen LogP contribution in [0.2, 0.25) is 0 Å². The lowest BCUT2D eigenvalue weighted by Gasteiger charge is -2.54. The molecule has 1 aromatic rings. The van der Waals surface area contributed by atoms with Crippen LogP contribution in [0, 0.1) is 12.3 Å². The van der Waals surface area contributed by atoms with Gasteiger partial charge in [-0.05, 0) is 32.4 Å². The Hall–Kier alpha value is -1.42. The summed E-state index contributed by atoms with van der Waals surface area (Å²) in [5, 5.41) is 0. The lowest BCUT2D eigenvalue weighted by atomic mass is 9.63. The van der Waals surface area contributed by atoms with E-state index >= 15 is 0 Å². The van der Waals surface area contributed by atoms with E-state index in [4.69, 9.17) is 4.74 Å². The number of rotatable bonds is 4. The number of carbonyl (C=O) groups is 1. The Morgan fingerprint density at radius 2 is 2.25 bits per heavy atom. The molecule has 0 N–H and O–H groups in total. The van der Waals surface area contributed by atoms with Gasteiger partial charge in [-0.3, -0.25) is 9.78 Å². The highest BCUT2D eigenvalue weighted by Gasteiger charge is 2.51. The van der Waals surface area contributed by atoms with E-state index in [-0.39, 0.29) is 23.5 Å². The van der Waals surface area contributed by atoms with Gasteiger partial charge in [0.1, 0.15) is 0 Å². The van der Waals surface area contributed by atoms with Crippen LogP contribution in [-0.4, -0.2) is 41.6 Å². The van der Waals surface area contributed by atoms with Crippen molar-refractivity contribution in [3.63, 3.8) is 0 Å². The molecule has 4 nitrogen and oxygen atoms in total. The van der Waals surface area contributed by atoms with Crippen molar-refractivity contribution in [2.24, 2.45) is 5.41 Å². The van der Waals surface area contributed by atoms with Gasteiger partial charge in [0.25, 0.3) is 5.91 Å². The van der Waals surface area contributed by atoms with E-state index in [0.717, 1.165) is 18.7 Å². The van der Waals surface area contributed by atoms with Gasteiger partial charge < -0.3 is 9.64 Å². The van der Waals surface area contributed by atoms with Crippen molar-refractivity contribution in [3.05, 3.63) is 29.6 Å². The fourth-order valence-electron chi connectivity index (χ4n) is 3.05. The van der Waals surface area contributed by atoms with Crippen molar-refractivity contribution in [1.82, 2.24) is 9.88 Å². The van der Waals surface area contributed by atoms with Gasteiger partial charge in [-0.15, -0.1) is 0 Å². The minimum Gasteiger partial charge on any atom is -0.378 e. The average molecular weight is 276 g/mol. The molecule has 0 aliphatic heterocycles. The molecule has 2 rings (SSSR count). The Balaban J connectivity index is 2.12. The number of hydrogen-bond acceptors (Lipinski definition) is 3. The summed E-state index contributed by atoms with van der Waals surface area (Å²) < 4.78 is 5.73. The molecule has 0 bridgehead atoms. The molecule has 1 aromatic heterocycles. The maximum Gasteiger partial charge on any atom is 0.255 e. The van der Waals surface area contributed by atoms with E-state index in [2.05, 4.69) is 18.8 Å². The monoisotopic (exact) mass is 276 g/mol. The van der Waals surface area contributed by atoms with Gasteiger partial charge in [0.05, 0.1) is 11.7 Å². The van der Waals surface area contributed by atoms with Crippen molar-refractivity contribution in [2.45, 2.75) is 46.3 Å². The van der Waals surface area contributed by atoms with Crippen molar-refractivity contribution in [3.8, 4) is 0 Å². The first kappa shape index (κ1) is 15.0. The third-order valence-electron chi connectivity index (χ3n) is 4.52. The molecule has 0 saturated heterocycles. The Morgan fingerprint density at radius 1 is 1.55 bits per heavy atom. The van der Waals surface area contributed by atoms with Gasteiger partial charge in [-0.2, -0.15) is 0 Å². The predicted molar refractivity (Wildman–Crippen MR) is 78.7 cm³/mol. The summed E-state index contributed by atoms with van der Waals surface area (Å²) in [6.07, 6.45) is 2.86. The van der Waals surface area contributed by atoms with E-state index in [9.17, 15) is 4.79 Å². The zero-order valence-corrected chi connectivity index (χ0v) is 13.0. The van der Waals surface area contributed by atoms with Gasteiger partial charge in [-0.25, -0.2) is 0 Å². The van der Waals surface area contributed by atoms with Crippen LogP contribution in [0.4, 0.5) is 0 Å². The zero-order chi connectivity index (χ0) is 14.9. The number of pyridine rings is 1. The molecule has 1 aliphatic rings. The molecule has 4 heteroatoms. The molecule has 2 atom stereocenters. The first-order valence-corrected chi connectivity index (χ1v) is 7.20. The fourth-order valence-corrected chi connectivity index (χ4v) is 3.05. The van der Waals surface area contributed by atoms with E-state index in [1.54, 1.807) is 6.20 Å². The summed E-state index contributed by atoms with van der Waals surface area (Å²) >= 11 is 0.